The molecule has 0 aromatic carbocycles. The van der Waals surface area contributed by atoms with Gasteiger partial charge in [-0.3, -0.25) is 4.79 Å². The standard InChI is InChI=1S/C10H21NO2/c1-4-9(2)7-10(12)8-11-5-6-13-3/h9,11H,4-8H2,1-3H3. The van der Waals surface area contributed by atoms with Gasteiger partial charge in [-0.1, -0.05) is 20.3 Å². The molecule has 0 spiro atoms. The first kappa shape index (κ1) is 12.6. The Labute approximate surface area is 80.8 Å². The van der Waals surface area contributed by atoms with Gasteiger partial charge in [0.05, 0.1) is 13.2 Å². The molecule has 0 heterocycles. The van der Waals surface area contributed by atoms with Gasteiger partial charge in [-0.2, -0.15) is 0 Å². The van der Waals surface area contributed by atoms with Crippen molar-refractivity contribution in [3.8, 4) is 0 Å². The van der Waals surface area contributed by atoms with Crippen LogP contribution in [0.4, 0.5) is 0 Å². The molecule has 1 N–H and O–H groups in total. The Kier molecular flexibility index (Phi) is 7.94. The maximum absolute atomic E-state index is 11.3. The van der Waals surface area contributed by atoms with E-state index in [0.29, 0.717) is 31.3 Å². The van der Waals surface area contributed by atoms with E-state index in [9.17, 15) is 4.79 Å². The molecule has 3 heteroatoms. The molecule has 0 amide bonds. The number of ketones is 1. The van der Waals surface area contributed by atoms with E-state index in [4.69, 9.17) is 4.74 Å². The predicted molar refractivity (Wildman–Crippen MR) is 53.8 cm³/mol. The number of hydrogen-bond acceptors (Lipinski definition) is 3. The van der Waals surface area contributed by atoms with Gasteiger partial charge in [0.1, 0.15) is 5.78 Å². The van der Waals surface area contributed by atoms with E-state index >= 15 is 0 Å². The summed E-state index contributed by atoms with van der Waals surface area (Å²) < 4.78 is 4.85. The molecular weight excluding hydrogens is 166 g/mol. The minimum absolute atomic E-state index is 0.297. The molecule has 0 aliphatic carbocycles. The SMILES string of the molecule is CCC(C)CC(=O)CNCCOC. The molecule has 0 aromatic heterocycles. The Hall–Kier alpha value is -0.410. The second kappa shape index (κ2) is 8.20. The highest BCUT2D eigenvalue weighted by Gasteiger charge is 2.06. The van der Waals surface area contributed by atoms with Crippen LogP contribution in [-0.4, -0.2) is 32.6 Å². The molecule has 0 aliphatic heterocycles. The third kappa shape index (κ3) is 7.94. The fourth-order valence-electron chi connectivity index (χ4n) is 1.01. The fraction of sp³-hybridized carbons (Fsp3) is 0.900. The molecule has 0 saturated heterocycles. The summed E-state index contributed by atoms with van der Waals surface area (Å²) in [7, 11) is 1.66. The van der Waals surface area contributed by atoms with Crippen molar-refractivity contribution in [3.05, 3.63) is 0 Å². The molecule has 0 aliphatic rings. The first-order valence-electron chi connectivity index (χ1n) is 4.92. The number of rotatable bonds is 8. The van der Waals surface area contributed by atoms with Crippen LogP contribution in [0.5, 0.6) is 0 Å². The molecule has 0 aromatic rings. The predicted octanol–water partition coefficient (Wildman–Crippen LogP) is 1.23. The highest BCUT2D eigenvalue weighted by atomic mass is 16.5. The van der Waals surface area contributed by atoms with Gasteiger partial charge in [-0.15, -0.1) is 0 Å². The lowest BCUT2D eigenvalue weighted by atomic mass is 10.0. The van der Waals surface area contributed by atoms with Gasteiger partial charge in [0.15, 0.2) is 0 Å². The smallest absolute Gasteiger partial charge is 0.146 e. The molecule has 0 rings (SSSR count). The Bertz CT molecular complexity index is 137. The summed E-state index contributed by atoms with van der Waals surface area (Å²) >= 11 is 0. The van der Waals surface area contributed by atoms with E-state index in [1.165, 1.54) is 0 Å². The molecule has 13 heavy (non-hydrogen) atoms. The number of carbonyl (C=O) groups excluding carboxylic acids is 1. The monoisotopic (exact) mass is 187 g/mol. The van der Waals surface area contributed by atoms with Crippen LogP contribution in [0.2, 0.25) is 0 Å². The summed E-state index contributed by atoms with van der Waals surface area (Å²) in [6.45, 7) is 6.11. The van der Waals surface area contributed by atoms with Crippen molar-refractivity contribution in [2.45, 2.75) is 26.7 Å². The van der Waals surface area contributed by atoms with E-state index in [1.807, 2.05) is 0 Å². The summed E-state index contributed by atoms with van der Waals surface area (Å²) in [6, 6.07) is 0. The van der Waals surface area contributed by atoms with Gasteiger partial charge in [0, 0.05) is 20.1 Å². The Morgan fingerprint density at radius 1 is 1.54 bits per heavy atom. The molecule has 3 nitrogen and oxygen atoms in total. The van der Waals surface area contributed by atoms with Crippen LogP contribution >= 0.6 is 0 Å². The average molecular weight is 187 g/mol. The van der Waals surface area contributed by atoms with E-state index in [2.05, 4.69) is 19.2 Å². The molecular formula is C10H21NO2. The molecule has 0 fully saturated rings. The number of Topliss-reactive ketones (excluding diaryl/α,β-unsaturated/α-hetero) is 1. The van der Waals surface area contributed by atoms with Crippen molar-refractivity contribution >= 4 is 5.78 Å². The lowest BCUT2D eigenvalue weighted by Crippen LogP contribution is -2.27. The fourth-order valence-corrected chi connectivity index (χ4v) is 1.01. The third-order valence-electron chi connectivity index (χ3n) is 2.08. The zero-order valence-electron chi connectivity index (χ0n) is 8.93. The second-order valence-corrected chi connectivity index (χ2v) is 3.43. The second-order valence-electron chi connectivity index (χ2n) is 3.43. The van der Waals surface area contributed by atoms with Crippen LogP contribution in [0.3, 0.4) is 0 Å². The number of methoxy groups -OCH3 is 1. The summed E-state index contributed by atoms with van der Waals surface area (Å²) in [5.41, 5.74) is 0. The van der Waals surface area contributed by atoms with E-state index in [-0.39, 0.29) is 0 Å². The average Bonchev–Trinajstić information content (AvgIpc) is 2.12. The molecule has 0 radical (unpaired) electrons. The van der Waals surface area contributed by atoms with E-state index in [1.54, 1.807) is 7.11 Å². The Balaban J connectivity index is 3.30. The van der Waals surface area contributed by atoms with Crippen LogP contribution < -0.4 is 5.32 Å². The van der Waals surface area contributed by atoms with Gasteiger partial charge in [0.2, 0.25) is 0 Å². The minimum atomic E-state index is 0.297. The van der Waals surface area contributed by atoms with Crippen LogP contribution in [-0.2, 0) is 9.53 Å². The molecule has 1 unspecified atom stereocenters. The van der Waals surface area contributed by atoms with Crippen molar-refractivity contribution in [3.63, 3.8) is 0 Å². The van der Waals surface area contributed by atoms with Gasteiger partial charge in [-0.05, 0) is 5.92 Å². The lowest BCUT2D eigenvalue weighted by molar-refractivity contribution is -0.119. The zero-order chi connectivity index (χ0) is 10.1. The van der Waals surface area contributed by atoms with Crippen LogP contribution in [0, 0.1) is 5.92 Å². The maximum atomic E-state index is 11.3. The number of hydrogen-bond donors (Lipinski definition) is 1. The highest BCUT2D eigenvalue weighted by molar-refractivity contribution is 5.80. The number of carbonyl (C=O) groups is 1. The van der Waals surface area contributed by atoms with Crippen LogP contribution in [0.25, 0.3) is 0 Å². The normalized spacial score (nSPS) is 12.8. The van der Waals surface area contributed by atoms with Crippen molar-refractivity contribution < 1.29 is 9.53 Å². The summed E-state index contributed by atoms with van der Waals surface area (Å²) in [5, 5.41) is 3.04. The summed E-state index contributed by atoms with van der Waals surface area (Å²) in [4.78, 5) is 11.3. The van der Waals surface area contributed by atoms with Gasteiger partial charge >= 0.3 is 0 Å². The molecule has 1 atom stereocenters. The first-order valence-corrected chi connectivity index (χ1v) is 4.92. The van der Waals surface area contributed by atoms with Crippen molar-refractivity contribution in [2.24, 2.45) is 5.92 Å². The zero-order valence-corrected chi connectivity index (χ0v) is 8.93. The lowest BCUT2D eigenvalue weighted by Gasteiger charge is -2.07. The quantitative estimate of drug-likeness (QED) is 0.581. The minimum Gasteiger partial charge on any atom is -0.383 e. The molecule has 0 bridgehead atoms. The van der Waals surface area contributed by atoms with E-state index < -0.39 is 0 Å². The van der Waals surface area contributed by atoms with Crippen molar-refractivity contribution in [2.75, 3.05) is 26.8 Å². The third-order valence-corrected chi connectivity index (χ3v) is 2.08. The van der Waals surface area contributed by atoms with Crippen molar-refractivity contribution in [1.82, 2.24) is 5.32 Å². The summed E-state index contributed by atoms with van der Waals surface area (Å²) in [5.74, 6) is 0.808. The maximum Gasteiger partial charge on any atom is 0.146 e. The van der Waals surface area contributed by atoms with E-state index in [0.717, 1.165) is 13.0 Å². The highest BCUT2D eigenvalue weighted by Crippen LogP contribution is 2.05. The Morgan fingerprint density at radius 2 is 2.23 bits per heavy atom. The first-order chi connectivity index (χ1) is 6.20. The van der Waals surface area contributed by atoms with Crippen LogP contribution in [0.1, 0.15) is 26.7 Å². The molecule has 78 valence electrons. The number of nitrogens with one attached hydrogen (secondary N) is 1. The molecule has 0 saturated carbocycles. The topological polar surface area (TPSA) is 38.3 Å². The van der Waals surface area contributed by atoms with Gasteiger partial charge < -0.3 is 10.1 Å². The Morgan fingerprint density at radius 3 is 2.77 bits per heavy atom. The largest absolute Gasteiger partial charge is 0.383 e. The van der Waals surface area contributed by atoms with Crippen LogP contribution in [0.15, 0.2) is 0 Å². The van der Waals surface area contributed by atoms with Gasteiger partial charge in [0.25, 0.3) is 0 Å². The summed E-state index contributed by atoms with van der Waals surface area (Å²) in [6.07, 6.45) is 1.76. The van der Waals surface area contributed by atoms with Gasteiger partial charge in [-0.25, -0.2) is 0 Å². The number of ether oxygens (including phenoxy) is 1. The van der Waals surface area contributed by atoms with Crippen molar-refractivity contribution in [1.29, 1.82) is 0 Å².